The van der Waals surface area contributed by atoms with Crippen LogP contribution in [0.2, 0.25) is 10.0 Å². The number of carbonyl (C=O) groups is 2. The number of carbonyl (C=O) groups excluding carboxylic acids is 2. The molecule has 0 aliphatic heterocycles. The first-order chi connectivity index (χ1) is 15.5. The third-order valence-corrected chi connectivity index (χ3v) is 6.86. The van der Waals surface area contributed by atoms with E-state index < -0.39 is 28.5 Å². The molecular formula is C23H29Cl2N3O4S. The van der Waals surface area contributed by atoms with Gasteiger partial charge in [0.1, 0.15) is 12.6 Å². The second-order valence-electron chi connectivity index (χ2n) is 7.63. The maximum absolute atomic E-state index is 13.5. The molecule has 0 fully saturated rings. The van der Waals surface area contributed by atoms with Crippen molar-refractivity contribution in [2.24, 2.45) is 0 Å². The quantitative estimate of drug-likeness (QED) is 0.519. The molecular weight excluding hydrogens is 485 g/mol. The second-order valence-corrected chi connectivity index (χ2v) is 10.4. The Morgan fingerprint density at radius 3 is 2.30 bits per heavy atom. The first-order valence-corrected chi connectivity index (χ1v) is 13.1. The first kappa shape index (κ1) is 27.0. The van der Waals surface area contributed by atoms with Gasteiger partial charge < -0.3 is 10.2 Å². The van der Waals surface area contributed by atoms with E-state index in [0.717, 1.165) is 21.7 Å². The van der Waals surface area contributed by atoms with E-state index in [2.05, 4.69) is 5.32 Å². The molecule has 0 aliphatic rings. The zero-order chi connectivity index (χ0) is 24.8. The van der Waals surface area contributed by atoms with E-state index in [1.54, 1.807) is 6.92 Å². The number of nitrogens with zero attached hydrogens (tertiary/aromatic N) is 2. The lowest BCUT2D eigenvalue weighted by molar-refractivity contribution is -0.140. The topological polar surface area (TPSA) is 86.8 Å². The summed E-state index contributed by atoms with van der Waals surface area (Å²) in [5.74, 6) is -0.815. The molecule has 0 spiro atoms. The van der Waals surface area contributed by atoms with Crippen LogP contribution in [0.1, 0.15) is 31.4 Å². The summed E-state index contributed by atoms with van der Waals surface area (Å²) >= 11 is 12.2. The Balaban J connectivity index is 2.48. The zero-order valence-electron chi connectivity index (χ0n) is 19.1. The smallest absolute Gasteiger partial charge is 0.244 e. The van der Waals surface area contributed by atoms with Crippen molar-refractivity contribution in [3.63, 3.8) is 0 Å². The molecule has 2 aromatic rings. The van der Waals surface area contributed by atoms with E-state index in [0.29, 0.717) is 18.0 Å². The lowest BCUT2D eigenvalue weighted by atomic mass is 10.1. The molecule has 0 aliphatic carbocycles. The molecule has 33 heavy (non-hydrogen) atoms. The molecule has 2 amide bonds. The summed E-state index contributed by atoms with van der Waals surface area (Å²) in [4.78, 5) is 27.7. The number of sulfonamides is 1. The highest BCUT2D eigenvalue weighted by Crippen LogP contribution is 2.30. The van der Waals surface area contributed by atoms with Crippen molar-refractivity contribution in [3.8, 4) is 0 Å². The Hall–Kier alpha value is -2.29. The van der Waals surface area contributed by atoms with Crippen molar-refractivity contribution in [1.82, 2.24) is 10.2 Å². The molecule has 1 N–H and O–H groups in total. The van der Waals surface area contributed by atoms with E-state index >= 15 is 0 Å². The van der Waals surface area contributed by atoms with E-state index in [4.69, 9.17) is 23.2 Å². The van der Waals surface area contributed by atoms with Gasteiger partial charge in [-0.25, -0.2) is 8.42 Å². The van der Waals surface area contributed by atoms with Crippen molar-refractivity contribution < 1.29 is 18.0 Å². The molecule has 1 atom stereocenters. The SMILES string of the molecule is CCNC(=O)C(CC)N(Cc1ccccc1C)C(=O)CN(c1ccc(Cl)cc1Cl)S(C)(=O)=O. The molecule has 0 radical (unpaired) electrons. The highest BCUT2D eigenvalue weighted by atomic mass is 35.5. The summed E-state index contributed by atoms with van der Waals surface area (Å²) < 4.78 is 26.1. The summed E-state index contributed by atoms with van der Waals surface area (Å²) in [5.41, 5.74) is 1.96. The molecule has 0 aromatic heterocycles. The number of hydrogen-bond donors (Lipinski definition) is 1. The largest absolute Gasteiger partial charge is 0.355 e. The molecule has 0 bridgehead atoms. The van der Waals surface area contributed by atoms with Gasteiger partial charge in [-0.3, -0.25) is 13.9 Å². The number of anilines is 1. The Kier molecular flexibility index (Phi) is 9.57. The summed E-state index contributed by atoms with van der Waals surface area (Å²) in [6.45, 7) is 5.59. The third kappa shape index (κ3) is 7.09. The normalized spacial score (nSPS) is 12.2. The zero-order valence-corrected chi connectivity index (χ0v) is 21.5. The summed E-state index contributed by atoms with van der Waals surface area (Å²) in [5, 5.41) is 3.20. The molecule has 0 saturated carbocycles. The van der Waals surface area contributed by atoms with E-state index in [1.807, 2.05) is 38.1 Å². The van der Waals surface area contributed by atoms with Crippen LogP contribution in [-0.2, 0) is 26.2 Å². The maximum Gasteiger partial charge on any atom is 0.244 e. The van der Waals surface area contributed by atoms with Crippen LogP contribution < -0.4 is 9.62 Å². The van der Waals surface area contributed by atoms with Gasteiger partial charge in [0.05, 0.1) is 17.0 Å². The number of amides is 2. The van der Waals surface area contributed by atoms with Crippen LogP contribution in [0, 0.1) is 6.92 Å². The van der Waals surface area contributed by atoms with Crippen molar-refractivity contribution >= 4 is 50.7 Å². The molecule has 10 heteroatoms. The van der Waals surface area contributed by atoms with E-state index in [9.17, 15) is 18.0 Å². The summed E-state index contributed by atoms with van der Waals surface area (Å²) in [7, 11) is -3.87. The summed E-state index contributed by atoms with van der Waals surface area (Å²) in [6.07, 6.45) is 1.36. The highest BCUT2D eigenvalue weighted by molar-refractivity contribution is 7.92. The Morgan fingerprint density at radius 2 is 1.76 bits per heavy atom. The van der Waals surface area contributed by atoms with Gasteiger partial charge in [-0.1, -0.05) is 54.4 Å². The van der Waals surface area contributed by atoms with Crippen LogP contribution in [0.15, 0.2) is 42.5 Å². The van der Waals surface area contributed by atoms with Crippen LogP contribution in [0.25, 0.3) is 0 Å². The summed E-state index contributed by atoms with van der Waals surface area (Å²) in [6, 6.07) is 11.1. The molecule has 2 aromatic carbocycles. The van der Waals surface area contributed by atoms with Crippen LogP contribution >= 0.6 is 23.2 Å². The lowest BCUT2D eigenvalue weighted by Gasteiger charge is -2.33. The first-order valence-electron chi connectivity index (χ1n) is 10.5. The van der Waals surface area contributed by atoms with Gasteiger partial charge in [-0.15, -0.1) is 0 Å². The van der Waals surface area contributed by atoms with Gasteiger partial charge in [0.15, 0.2) is 0 Å². The van der Waals surface area contributed by atoms with Crippen LogP contribution in [-0.4, -0.2) is 50.5 Å². The van der Waals surface area contributed by atoms with Crippen molar-refractivity contribution in [2.75, 3.05) is 23.7 Å². The fraction of sp³-hybridized carbons (Fsp3) is 0.391. The molecule has 2 rings (SSSR count). The van der Waals surface area contributed by atoms with Gasteiger partial charge in [0, 0.05) is 18.1 Å². The minimum Gasteiger partial charge on any atom is -0.355 e. The number of aryl methyl sites for hydroxylation is 1. The number of nitrogens with one attached hydrogen (secondary N) is 1. The van der Waals surface area contributed by atoms with Crippen LogP contribution in [0.4, 0.5) is 5.69 Å². The fourth-order valence-electron chi connectivity index (χ4n) is 3.46. The van der Waals surface area contributed by atoms with Crippen LogP contribution in [0.5, 0.6) is 0 Å². The van der Waals surface area contributed by atoms with E-state index in [1.165, 1.54) is 23.1 Å². The van der Waals surface area contributed by atoms with Gasteiger partial charge in [-0.2, -0.15) is 0 Å². The molecule has 0 heterocycles. The Labute approximate surface area is 205 Å². The number of benzene rings is 2. The fourth-order valence-corrected chi connectivity index (χ4v) is 4.88. The minimum absolute atomic E-state index is 0.0990. The van der Waals surface area contributed by atoms with E-state index in [-0.39, 0.29) is 23.2 Å². The number of hydrogen-bond acceptors (Lipinski definition) is 4. The minimum atomic E-state index is -3.87. The average molecular weight is 514 g/mol. The molecule has 7 nitrogen and oxygen atoms in total. The van der Waals surface area contributed by atoms with Gasteiger partial charge in [0.2, 0.25) is 21.8 Å². The monoisotopic (exact) mass is 513 g/mol. The molecule has 0 saturated heterocycles. The highest BCUT2D eigenvalue weighted by Gasteiger charge is 2.32. The predicted molar refractivity (Wildman–Crippen MR) is 133 cm³/mol. The van der Waals surface area contributed by atoms with Gasteiger partial charge in [0.25, 0.3) is 0 Å². The van der Waals surface area contributed by atoms with Gasteiger partial charge >= 0.3 is 0 Å². The number of rotatable bonds is 10. The van der Waals surface area contributed by atoms with Crippen molar-refractivity contribution in [2.45, 2.75) is 39.8 Å². The van der Waals surface area contributed by atoms with Crippen LogP contribution in [0.3, 0.4) is 0 Å². The third-order valence-electron chi connectivity index (χ3n) is 5.20. The molecule has 1 unspecified atom stereocenters. The average Bonchev–Trinajstić information content (AvgIpc) is 2.73. The van der Waals surface area contributed by atoms with Crippen molar-refractivity contribution in [1.29, 1.82) is 0 Å². The Morgan fingerprint density at radius 1 is 1.09 bits per heavy atom. The standard InChI is InChI=1S/C23H29Cl2N3O4S/c1-5-20(23(30)26-6-2)27(14-17-10-8-7-9-16(17)3)22(29)15-28(33(4,31)32)21-12-11-18(24)13-19(21)25/h7-13,20H,5-6,14-15H2,1-4H3,(H,26,30). The number of likely N-dealkylation sites (N-methyl/N-ethyl adjacent to an activating group) is 1. The second kappa shape index (κ2) is 11.7. The Bertz CT molecular complexity index is 1110. The predicted octanol–water partition coefficient (Wildman–Crippen LogP) is 4.01. The van der Waals surface area contributed by atoms with Crippen molar-refractivity contribution in [3.05, 3.63) is 63.6 Å². The number of halogens is 2. The van der Waals surface area contributed by atoms with Gasteiger partial charge in [-0.05, 0) is 49.6 Å². The lowest BCUT2D eigenvalue weighted by Crippen LogP contribution is -2.52. The maximum atomic E-state index is 13.5. The molecule has 180 valence electrons.